The third-order valence-corrected chi connectivity index (χ3v) is 5.09. The molecule has 2 heterocycles. The average molecular weight is 421 g/mol. The van der Waals surface area contributed by atoms with E-state index in [1.165, 1.54) is 5.56 Å². The van der Waals surface area contributed by atoms with E-state index in [0.717, 1.165) is 55.2 Å². The Kier molecular flexibility index (Phi) is 6.45. The van der Waals surface area contributed by atoms with Crippen LogP contribution in [0.25, 0.3) is 0 Å². The number of rotatable bonds is 6. The van der Waals surface area contributed by atoms with Crippen LogP contribution >= 0.6 is 15.9 Å². The SMILES string of the molecule is Cc1cc(CN2CCN(C(=O)CN(C)Cc3ccc(Br)cc3)CC2)no1. The molecule has 140 valence electrons. The number of likely N-dealkylation sites (N-methyl/N-ethyl adjacent to an activating group) is 1. The molecule has 1 aliphatic heterocycles. The number of piperazine rings is 1. The molecule has 1 aromatic heterocycles. The number of amides is 1. The molecule has 1 aromatic carbocycles. The number of hydrogen-bond acceptors (Lipinski definition) is 5. The molecule has 0 aliphatic carbocycles. The van der Waals surface area contributed by atoms with Crippen molar-refractivity contribution in [3.05, 3.63) is 51.8 Å². The number of aryl methyl sites for hydroxylation is 1. The lowest BCUT2D eigenvalue weighted by Gasteiger charge is -2.35. The molecule has 2 aromatic rings. The monoisotopic (exact) mass is 420 g/mol. The number of carbonyl (C=O) groups is 1. The van der Waals surface area contributed by atoms with Crippen molar-refractivity contribution in [3.63, 3.8) is 0 Å². The molecule has 1 aliphatic rings. The van der Waals surface area contributed by atoms with Crippen molar-refractivity contribution in [2.45, 2.75) is 20.0 Å². The second-order valence-electron chi connectivity index (χ2n) is 6.88. The van der Waals surface area contributed by atoms with Gasteiger partial charge in [0.15, 0.2) is 0 Å². The van der Waals surface area contributed by atoms with Gasteiger partial charge in [0.1, 0.15) is 5.76 Å². The van der Waals surface area contributed by atoms with Gasteiger partial charge in [0, 0.05) is 49.8 Å². The van der Waals surface area contributed by atoms with Gasteiger partial charge in [-0.3, -0.25) is 14.6 Å². The first-order valence-electron chi connectivity index (χ1n) is 8.85. The van der Waals surface area contributed by atoms with Crippen LogP contribution in [0.3, 0.4) is 0 Å². The van der Waals surface area contributed by atoms with Crippen molar-refractivity contribution in [1.29, 1.82) is 0 Å². The summed E-state index contributed by atoms with van der Waals surface area (Å²) in [6, 6.07) is 10.2. The van der Waals surface area contributed by atoms with Gasteiger partial charge < -0.3 is 9.42 Å². The number of carbonyl (C=O) groups excluding carboxylic acids is 1. The van der Waals surface area contributed by atoms with Crippen LogP contribution in [-0.4, -0.2) is 65.5 Å². The van der Waals surface area contributed by atoms with Crippen LogP contribution in [0.5, 0.6) is 0 Å². The van der Waals surface area contributed by atoms with Gasteiger partial charge in [-0.2, -0.15) is 0 Å². The predicted octanol–water partition coefficient (Wildman–Crippen LogP) is 2.52. The summed E-state index contributed by atoms with van der Waals surface area (Å²) in [6.07, 6.45) is 0. The Balaban J connectivity index is 1.42. The molecule has 1 fully saturated rings. The lowest BCUT2D eigenvalue weighted by Crippen LogP contribution is -2.50. The summed E-state index contributed by atoms with van der Waals surface area (Å²) < 4.78 is 6.18. The first-order chi connectivity index (χ1) is 12.5. The van der Waals surface area contributed by atoms with Crippen LogP contribution < -0.4 is 0 Å². The molecule has 0 unspecified atom stereocenters. The minimum absolute atomic E-state index is 0.196. The number of hydrogen-bond donors (Lipinski definition) is 0. The molecule has 0 atom stereocenters. The van der Waals surface area contributed by atoms with E-state index >= 15 is 0 Å². The Hall–Kier alpha value is -1.70. The minimum Gasteiger partial charge on any atom is -0.361 e. The largest absolute Gasteiger partial charge is 0.361 e. The molecule has 0 spiro atoms. The Labute approximate surface area is 162 Å². The van der Waals surface area contributed by atoms with Crippen LogP contribution in [0, 0.1) is 6.92 Å². The van der Waals surface area contributed by atoms with E-state index in [0.29, 0.717) is 6.54 Å². The summed E-state index contributed by atoms with van der Waals surface area (Å²) in [5.74, 6) is 1.03. The third-order valence-electron chi connectivity index (χ3n) is 4.56. The molecule has 0 bridgehead atoms. The van der Waals surface area contributed by atoms with Crippen LogP contribution in [0.1, 0.15) is 17.0 Å². The fourth-order valence-corrected chi connectivity index (χ4v) is 3.43. The van der Waals surface area contributed by atoms with Crippen molar-refractivity contribution in [3.8, 4) is 0 Å². The standard InChI is InChI=1S/C19H25BrN4O2/c1-15-11-18(21-26-15)13-23-7-9-24(10-8-23)19(25)14-22(2)12-16-3-5-17(20)6-4-16/h3-6,11H,7-10,12-14H2,1-2H3. The van der Waals surface area contributed by atoms with Crippen LogP contribution in [-0.2, 0) is 17.9 Å². The Bertz CT molecular complexity index is 723. The molecule has 6 nitrogen and oxygen atoms in total. The highest BCUT2D eigenvalue weighted by atomic mass is 79.9. The van der Waals surface area contributed by atoms with E-state index in [2.05, 4.69) is 43.0 Å². The average Bonchev–Trinajstić information content (AvgIpc) is 3.02. The van der Waals surface area contributed by atoms with E-state index in [9.17, 15) is 4.79 Å². The molecule has 26 heavy (non-hydrogen) atoms. The molecule has 0 radical (unpaired) electrons. The van der Waals surface area contributed by atoms with Crippen molar-refractivity contribution in [2.75, 3.05) is 39.8 Å². The highest BCUT2D eigenvalue weighted by Gasteiger charge is 2.22. The highest BCUT2D eigenvalue weighted by Crippen LogP contribution is 2.12. The van der Waals surface area contributed by atoms with Gasteiger partial charge in [-0.1, -0.05) is 33.2 Å². The van der Waals surface area contributed by atoms with Crippen LogP contribution in [0.4, 0.5) is 0 Å². The molecule has 1 amide bonds. The fourth-order valence-electron chi connectivity index (χ4n) is 3.17. The second-order valence-corrected chi connectivity index (χ2v) is 7.80. The van der Waals surface area contributed by atoms with E-state index in [-0.39, 0.29) is 5.91 Å². The topological polar surface area (TPSA) is 52.8 Å². The van der Waals surface area contributed by atoms with Gasteiger partial charge in [0.05, 0.1) is 12.2 Å². The van der Waals surface area contributed by atoms with Crippen LogP contribution in [0.15, 0.2) is 39.3 Å². The summed E-state index contributed by atoms with van der Waals surface area (Å²) in [5.41, 5.74) is 2.16. The predicted molar refractivity (Wildman–Crippen MR) is 104 cm³/mol. The summed E-state index contributed by atoms with van der Waals surface area (Å²) in [7, 11) is 1.99. The number of nitrogens with zero attached hydrogens (tertiary/aromatic N) is 4. The minimum atomic E-state index is 0.196. The highest BCUT2D eigenvalue weighted by molar-refractivity contribution is 9.10. The van der Waals surface area contributed by atoms with Gasteiger partial charge in [0.2, 0.25) is 5.91 Å². The van der Waals surface area contributed by atoms with E-state index < -0.39 is 0 Å². The Morgan fingerprint density at radius 2 is 1.92 bits per heavy atom. The molecular formula is C19H25BrN4O2. The number of aromatic nitrogens is 1. The summed E-state index contributed by atoms with van der Waals surface area (Å²) in [5, 5.41) is 4.04. The van der Waals surface area contributed by atoms with Gasteiger partial charge in [-0.15, -0.1) is 0 Å². The molecular weight excluding hydrogens is 396 g/mol. The summed E-state index contributed by atoms with van der Waals surface area (Å²) >= 11 is 3.44. The van der Waals surface area contributed by atoms with Crippen molar-refractivity contribution < 1.29 is 9.32 Å². The van der Waals surface area contributed by atoms with Crippen molar-refractivity contribution >= 4 is 21.8 Å². The fraction of sp³-hybridized carbons (Fsp3) is 0.474. The van der Waals surface area contributed by atoms with Gasteiger partial charge in [-0.05, 0) is 31.7 Å². The molecule has 3 rings (SSSR count). The van der Waals surface area contributed by atoms with Crippen molar-refractivity contribution in [1.82, 2.24) is 19.9 Å². The molecule has 0 saturated carbocycles. The van der Waals surface area contributed by atoms with Crippen molar-refractivity contribution in [2.24, 2.45) is 0 Å². The molecule has 0 N–H and O–H groups in total. The first-order valence-corrected chi connectivity index (χ1v) is 9.64. The lowest BCUT2D eigenvalue weighted by atomic mass is 10.2. The quantitative estimate of drug-likeness (QED) is 0.718. The first kappa shape index (κ1) is 19.1. The number of benzene rings is 1. The summed E-state index contributed by atoms with van der Waals surface area (Å²) in [6.45, 7) is 7.16. The van der Waals surface area contributed by atoms with Gasteiger partial charge in [-0.25, -0.2) is 0 Å². The molecule has 1 saturated heterocycles. The smallest absolute Gasteiger partial charge is 0.236 e. The zero-order chi connectivity index (χ0) is 18.5. The maximum Gasteiger partial charge on any atom is 0.236 e. The van der Waals surface area contributed by atoms with E-state index in [1.54, 1.807) is 0 Å². The number of halogens is 1. The second kappa shape index (κ2) is 8.79. The zero-order valence-electron chi connectivity index (χ0n) is 15.3. The summed E-state index contributed by atoms with van der Waals surface area (Å²) in [4.78, 5) is 18.9. The third kappa shape index (κ3) is 5.40. The van der Waals surface area contributed by atoms with Gasteiger partial charge >= 0.3 is 0 Å². The Morgan fingerprint density at radius 1 is 1.23 bits per heavy atom. The zero-order valence-corrected chi connectivity index (χ0v) is 16.9. The molecule has 7 heteroatoms. The maximum atomic E-state index is 12.6. The maximum absolute atomic E-state index is 12.6. The lowest BCUT2D eigenvalue weighted by molar-refractivity contribution is -0.134. The van der Waals surface area contributed by atoms with E-state index in [4.69, 9.17) is 4.52 Å². The van der Waals surface area contributed by atoms with Crippen LogP contribution in [0.2, 0.25) is 0 Å². The Morgan fingerprint density at radius 3 is 2.54 bits per heavy atom. The van der Waals surface area contributed by atoms with Gasteiger partial charge in [0.25, 0.3) is 0 Å². The normalized spacial score (nSPS) is 15.6. The van der Waals surface area contributed by atoms with E-state index in [1.807, 2.05) is 37.1 Å².